The zero-order valence-corrected chi connectivity index (χ0v) is 18.1. The second-order valence-electron chi connectivity index (χ2n) is 8.18. The second-order valence-corrected chi connectivity index (χ2v) is 8.18. The van der Waals surface area contributed by atoms with Crippen LogP contribution in [0.2, 0.25) is 0 Å². The van der Waals surface area contributed by atoms with Gasteiger partial charge in [-0.25, -0.2) is 19.0 Å². The quantitative estimate of drug-likeness (QED) is 0.517. The van der Waals surface area contributed by atoms with E-state index < -0.39 is 0 Å². The van der Waals surface area contributed by atoms with Crippen molar-refractivity contribution in [2.45, 2.75) is 51.6 Å². The molecule has 1 saturated carbocycles. The smallest absolute Gasteiger partial charge is 0.267 e. The summed E-state index contributed by atoms with van der Waals surface area (Å²) in [5.41, 5.74) is 1.84. The van der Waals surface area contributed by atoms with Crippen molar-refractivity contribution >= 4 is 5.82 Å². The Balaban J connectivity index is 1.27. The van der Waals surface area contributed by atoms with E-state index in [4.69, 9.17) is 0 Å². The third kappa shape index (κ3) is 4.03. The van der Waals surface area contributed by atoms with Gasteiger partial charge in [0.05, 0.1) is 24.1 Å². The summed E-state index contributed by atoms with van der Waals surface area (Å²) in [5.74, 6) is 2.06. The van der Waals surface area contributed by atoms with Crippen molar-refractivity contribution in [1.82, 2.24) is 39.3 Å². The maximum Gasteiger partial charge on any atom is 0.267 e. The lowest BCUT2D eigenvalue weighted by molar-refractivity contribution is 0.302. The molecule has 0 saturated heterocycles. The van der Waals surface area contributed by atoms with Gasteiger partial charge in [-0.15, -0.1) is 5.10 Å². The third-order valence-corrected chi connectivity index (χ3v) is 5.79. The normalized spacial score (nSPS) is 18.6. The first kappa shape index (κ1) is 20.1. The van der Waals surface area contributed by atoms with Crippen LogP contribution in [0.15, 0.2) is 53.8 Å². The Hall–Kier alpha value is -3.82. The molecule has 164 valence electrons. The van der Waals surface area contributed by atoms with Crippen molar-refractivity contribution in [1.29, 1.82) is 0 Å². The first-order chi connectivity index (χ1) is 15.6. The molecule has 1 aliphatic carbocycles. The van der Waals surface area contributed by atoms with E-state index in [1.807, 2.05) is 32.2 Å². The first-order valence-corrected chi connectivity index (χ1v) is 10.8. The number of nitrogens with zero attached hydrogens (tertiary/aromatic N) is 8. The number of nitrogens with one attached hydrogen (secondary N) is 1. The summed E-state index contributed by atoms with van der Waals surface area (Å²) in [7, 11) is 0. The molecule has 0 atom stereocenters. The van der Waals surface area contributed by atoms with Crippen LogP contribution in [-0.4, -0.2) is 45.4 Å². The molecule has 1 aliphatic rings. The van der Waals surface area contributed by atoms with Crippen LogP contribution in [0, 0.1) is 13.8 Å². The average molecular weight is 432 g/mol. The summed E-state index contributed by atoms with van der Waals surface area (Å²) in [6.07, 6.45) is 10.5. The van der Waals surface area contributed by atoms with Crippen LogP contribution in [0.25, 0.3) is 11.6 Å². The van der Waals surface area contributed by atoms with Crippen molar-refractivity contribution in [3.05, 3.63) is 70.8 Å². The van der Waals surface area contributed by atoms with Crippen LogP contribution in [0.4, 0.5) is 5.82 Å². The van der Waals surface area contributed by atoms with Gasteiger partial charge < -0.3 is 5.32 Å². The van der Waals surface area contributed by atoms with Gasteiger partial charge >= 0.3 is 0 Å². The highest BCUT2D eigenvalue weighted by Gasteiger charge is 2.24. The minimum atomic E-state index is -0.0792. The average Bonchev–Trinajstić information content (AvgIpc) is 3.45. The Bertz CT molecular complexity index is 1270. The monoisotopic (exact) mass is 431 g/mol. The minimum Gasteiger partial charge on any atom is -0.366 e. The van der Waals surface area contributed by atoms with E-state index in [2.05, 4.69) is 30.6 Å². The van der Waals surface area contributed by atoms with Crippen LogP contribution >= 0.6 is 0 Å². The molecule has 0 spiro atoms. The molecule has 4 aromatic rings. The van der Waals surface area contributed by atoms with Gasteiger partial charge in [0.1, 0.15) is 5.82 Å². The summed E-state index contributed by atoms with van der Waals surface area (Å²) in [5, 5.41) is 16.8. The number of hydrogen-bond donors (Lipinski definition) is 1. The van der Waals surface area contributed by atoms with Gasteiger partial charge in [-0.3, -0.25) is 9.78 Å². The predicted octanol–water partition coefficient (Wildman–Crippen LogP) is 2.62. The van der Waals surface area contributed by atoms with Crippen LogP contribution < -0.4 is 10.9 Å². The number of rotatable bonds is 5. The standard InChI is InChI=1S/C22H25N9O/c1-15-12-16(2)30(27-15)20-8-9-22(32)31(28-20)18-6-4-17(5-7-18)25-19-13-23-14-21(26-19)29-11-3-10-24-29/h3,8-14,17-18H,4-7H2,1-2H3,(H,25,26). The molecule has 0 radical (unpaired) electrons. The minimum absolute atomic E-state index is 0.0685. The van der Waals surface area contributed by atoms with Crippen molar-refractivity contribution in [2.75, 3.05) is 5.32 Å². The predicted molar refractivity (Wildman–Crippen MR) is 119 cm³/mol. The Morgan fingerprint density at radius 2 is 1.88 bits per heavy atom. The maximum absolute atomic E-state index is 12.5. The molecule has 10 heteroatoms. The summed E-state index contributed by atoms with van der Waals surface area (Å²) >= 11 is 0. The van der Waals surface area contributed by atoms with E-state index in [1.54, 1.807) is 44.8 Å². The molecule has 1 N–H and O–H groups in total. The number of aromatic nitrogens is 8. The third-order valence-electron chi connectivity index (χ3n) is 5.79. The Labute approximate surface area is 184 Å². The Morgan fingerprint density at radius 1 is 1.03 bits per heavy atom. The van der Waals surface area contributed by atoms with Gasteiger partial charge in [-0.2, -0.15) is 10.2 Å². The molecular formula is C22H25N9O. The number of anilines is 1. The van der Waals surface area contributed by atoms with Crippen LogP contribution in [0.3, 0.4) is 0 Å². The molecule has 4 heterocycles. The molecule has 0 aromatic carbocycles. The van der Waals surface area contributed by atoms with Crippen LogP contribution in [0.1, 0.15) is 43.1 Å². The lowest BCUT2D eigenvalue weighted by Crippen LogP contribution is -2.33. The molecule has 32 heavy (non-hydrogen) atoms. The Morgan fingerprint density at radius 3 is 2.59 bits per heavy atom. The van der Waals surface area contributed by atoms with E-state index in [0.29, 0.717) is 11.6 Å². The summed E-state index contributed by atoms with van der Waals surface area (Å²) < 4.78 is 5.09. The van der Waals surface area contributed by atoms with Crippen molar-refractivity contribution in [2.24, 2.45) is 0 Å². The van der Waals surface area contributed by atoms with Gasteiger partial charge in [-0.1, -0.05) is 0 Å². The molecule has 5 rings (SSSR count). The molecule has 0 aliphatic heterocycles. The fourth-order valence-electron chi connectivity index (χ4n) is 4.26. The summed E-state index contributed by atoms with van der Waals surface area (Å²) in [4.78, 5) is 21.4. The highest BCUT2D eigenvalue weighted by atomic mass is 16.1. The van der Waals surface area contributed by atoms with E-state index >= 15 is 0 Å². The van der Waals surface area contributed by atoms with Gasteiger partial charge in [0, 0.05) is 30.2 Å². The molecule has 0 amide bonds. The largest absolute Gasteiger partial charge is 0.366 e. The molecule has 4 aromatic heterocycles. The zero-order chi connectivity index (χ0) is 22.1. The SMILES string of the molecule is Cc1cc(C)n(-c2ccc(=O)n(C3CCC(Nc4cncc(-n5cccn5)n4)CC3)n2)n1. The van der Waals surface area contributed by atoms with E-state index in [-0.39, 0.29) is 17.6 Å². The zero-order valence-electron chi connectivity index (χ0n) is 18.1. The van der Waals surface area contributed by atoms with Crippen LogP contribution in [0.5, 0.6) is 0 Å². The van der Waals surface area contributed by atoms with E-state index in [9.17, 15) is 4.79 Å². The number of aryl methyl sites for hydroxylation is 2. The van der Waals surface area contributed by atoms with Crippen molar-refractivity contribution in [3.63, 3.8) is 0 Å². The fourth-order valence-corrected chi connectivity index (χ4v) is 4.26. The van der Waals surface area contributed by atoms with Crippen molar-refractivity contribution in [3.8, 4) is 11.6 Å². The Kier molecular flexibility index (Phi) is 5.26. The lowest BCUT2D eigenvalue weighted by atomic mass is 9.91. The first-order valence-electron chi connectivity index (χ1n) is 10.8. The van der Waals surface area contributed by atoms with Gasteiger partial charge in [0.25, 0.3) is 5.56 Å². The fraction of sp³-hybridized carbons (Fsp3) is 0.364. The second kappa shape index (κ2) is 8.37. The molecule has 1 fully saturated rings. The summed E-state index contributed by atoms with van der Waals surface area (Å²) in [6, 6.07) is 7.50. The summed E-state index contributed by atoms with van der Waals surface area (Å²) in [6.45, 7) is 3.93. The lowest BCUT2D eigenvalue weighted by Gasteiger charge is -2.30. The maximum atomic E-state index is 12.5. The highest BCUT2D eigenvalue weighted by Crippen LogP contribution is 2.28. The van der Waals surface area contributed by atoms with Gasteiger partial charge in [0.2, 0.25) is 0 Å². The van der Waals surface area contributed by atoms with Gasteiger partial charge in [-0.05, 0) is 57.7 Å². The topological polar surface area (TPSA) is 108 Å². The molecule has 0 bridgehead atoms. The van der Waals surface area contributed by atoms with E-state index in [0.717, 1.165) is 42.9 Å². The number of hydrogen-bond acceptors (Lipinski definition) is 7. The van der Waals surface area contributed by atoms with Gasteiger partial charge in [0.15, 0.2) is 11.6 Å². The van der Waals surface area contributed by atoms with Crippen molar-refractivity contribution < 1.29 is 0 Å². The highest BCUT2D eigenvalue weighted by molar-refractivity contribution is 5.36. The molecule has 0 unspecified atom stereocenters. The van der Waals surface area contributed by atoms with E-state index in [1.165, 1.54) is 0 Å². The molecule has 10 nitrogen and oxygen atoms in total. The van der Waals surface area contributed by atoms with Crippen LogP contribution in [-0.2, 0) is 0 Å². The molecular weight excluding hydrogens is 406 g/mol.